The second-order valence-corrected chi connectivity index (χ2v) is 3.53. The van der Waals surface area contributed by atoms with Crippen molar-refractivity contribution >= 4 is 17.9 Å². The largest absolute Gasteiger partial charge is 0.465 e. The summed E-state index contributed by atoms with van der Waals surface area (Å²) in [7, 11) is 0. The van der Waals surface area contributed by atoms with Gasteiger partial charge in [-0.2, -0.15) is 0 Å². The normalized spacial score (nSPS) is 26.1. The van der Waals surface area contributed by atoms with E-state index in [1.807, 2.05) is 11.5 Å². The molecule has 0 saturated carbocycles. The van der Waals surface area contributed by atoms with Crippen molar-refractivity contribution in [3.05, 3.63) is 11.5 Å². The first-order valence-electron chi connectivity index (χ1n) is 3.46. The molecular weight excluding hydrogens is 174 g/mol. The first-order valence-corrected chi connectivity index (χ1v) is 4.34. The summed E-state index contributed by atoms with van der Waals surface area (Å²) >= 11 is 1.40. The second kappa shape index (κ2) is 3.55. The number of nitrogens with one attached hydrogen (secondary N) is 1. The lowest BCUT2D eigenvalue weighted by molar-refractivity contribution is 0.191. The average Bonchev–Trinajstić information content (AvgIpc) is 2.36. The summed E-state index contributed by atoms with van der Waals surface area (Å²) < 4.78 is 0. The van der Waals surface area contributed by atoms with Gasteiger partial charge in [-0.3, -0.25) is 5.32 Å². The summed E-state index contributed by atoms with van der Waals surface area (Å²) in [6.45, 7) is 1.70. The van der Waals surface area contributed by atoms with E-state index in [0.29, 0.717) is 6.42 Å². The molecule has 1 rings (SSSR count). The molecule has 0 aromatic heterocycles. The Hall–Kier alpha value is -1.08. The minimum Gasteiger partial charge on any atom is -0.465 e. The highest BCUT2D eigenvalue weighted by atomic mass is 32.2. The lowest BCUT2D eigenvalue weighted by atomic mass is 10.2. The molecule has 0 bridgehead atoms. The fraction of sp³-hybridized carbons (Fsp3) is 0.375. The zero-order valence-corrected chi connectivity index (χ0v) is 7.44. The zero-order chi connectivity index (χ0) is 9.03. The number of amides is 1. The van der Waals surface area contributed by atoms with Crippen LogP contribution < -0.4 is 5.32 Å². The van der Waals surface area contributed by atoms with Crippen molar-refractivity contribution < 1.29 is 9.90 Å². The minimum atomic E-state index is -1.03. The van der Waals surface area contributed by atoms with Crippen LogP contribution in [0, 0.1) is 11.8 Å². The fourth-order valence-corrected chi connectivity index (χ4v) is 1.92. The molecule has 1 atom stereocenters. The topological polar surface area (TPSA) is 49.3 Å². The lowest BCUT2D eigenvalue weighted by Gasteiger charge is -2.20. The molecule has 0 radical (unpaired) electrons. The highest BCUT2D eigenvalue weighted by Crippen LogP contribution is 2.33. The molecule has 0 aromatic rings. The van der Waals surface area contributed by atoms with Gasteiger partial charge in [-0.25, -0.2) is 4.79 Å². The third kappa shape index (κ3) is 1.95. The molecule has 0 aromatic carbocycles. The molecule has 1 amide bonds. The van der Waals surface area contributed by atoms with Gasteiger partial charge in [-0.05, 0) is 12.3 Å². The highest BCUT2D eigenvalue weighted by Gasteiger charge is 2.31. The molecule has 4 heteroatoms. The van der Waals surface area contributed by atoms with E-state index in [-0.39, 0.29) is 0 Å². The van der Waals surface area contributed by atoms with Gasteiger partial charge in [-0.1, -0.05) is 23.8 Å². The van der Waals surface area contributed by atoms with E-state index in [1.54, 1.807) is 6.92 Å². The van der Waals surface area contributed by atoms with Crippen molar-refractivity contribution in [3.63, 3.8) is 0 Å². The molecule has 0 spiro atoms. The molecule has 1 aliphatic rings. The first kappa shape index (κ1) is 9.01. The van der Waals surface area contributed by atoms with E-state index in [9.17, 15) is 4.79 Å². The standard InChI is InChI=1S/C8H9NO2S/c1-2-4-8(9-7(10)11)5-3-6-12-8/h3,6,9H,5H2,1H3,(H,10,11). The predicted octanol–water partition coefficient (Wildman–Crippen LogP) is 1.62. The van der Waals surface area contributed by atoms with Gasteiger partial charge >= 0.3 is 6.09 Å². The van der Waals surface area contributed by atoms with Gasteiger partial charge in [0, 0.05) is 6.42 Å². The predicted molar refractivity (Wildman–Crippen MR) is 48.7 cm³/mol. The zero-order valence-electron chi connectivity index (χ0n) is 6.63. The Balaban J connectivity index is 2.71. The molecule has 1 heterocycles. The van der Waals surface area contributed by atoms with Crippen LogP contribution >= 0.6 is 11.8 Å². The van der Waals surface area contributed by atoms with Crippen molar-refractivity contribution in [1.82, 2.24) is 5.32 Å². The molecule has 0 aliphatic carbocycles. The summed E-state index contributed by atoms with van der Waals surface area (Å²) in [6.07, 6.45) is 1.50. The van der Waals surface area contributed by atoms with E-state index < -0.39 is 11.0 Å². The summed E-state index contributed by atoms with van der Waals surface area (Å²) in [5.74, 6) is 5.57. The maximum atomic E-state index is 10.4. The van der Waals surface area contributed by atoms with Gasteiger partial charge in [0.25, 0.3) is 0 Å². The van der Waals surface area contributed by atoms with Gasteiger partial charge < -0.3 is 5.11 Å². The summed E-state index contributed by atoms with van der Waals surface area (Å²) in [5.41, 5.74) is 0. The Kier molecular flexibility index (Phi) is 2.66. The number of carboxylic acid groups (broad SMARTS) is 1. The third-order valence-electron chi connectivity index (χ3n) is 1.41. The van der Waals surface area contributed by atoms with Gasteiger partial charge in [0.2, 0.25) is 0 Å². The number of hydrogen-bond donors (Lipinski definition) is 2. The van der Waals surface area contributed by atoms with Crippen LogP contribution in [0.2, 0.25) is 0 Å². The minimum absolute atomic E-state index is 0.630. The van der Waals surface area contributed by atoms with Crippen molar-refractivity contribution in [2.45, 2.75) is 18.2 Å². The Bertz CT molecular complexity index is 267. The number of thioether (sulfide) groups is 1. The molecule has 0 saturated heterocycles. The fourth-order valence-electron chi connectivity index (χ4n) is 0.993. The molecule has 0 fully saturated rings. The SMILES string of the molecule is CC#CC1(NC(=O)O)CC=CS1. The molecule has 64 valence electrons. The van der Waals surface area contributed by atoms with E-state index in [1.165, 1.54) is 11.8 Å². The average molecular weight is 183 g/mol. The number of rotatable bonds is 1. The molecule has 1 unspecified atom stereocenters. The summed E-state index contributed by atoms with van der Waals surface area (Å²) in [5, 5.41) is 12.8. The van der Waals surface area contributed by atoms with Crippen LogP contribution in [-0.4, -0.2) is 16.1 Å². The van der Waals surface area contributed by atoms with Crippen LogP contribution in [0.3, 0.4) is 0 Å². The first-order chi connectivity index (χ1) is 5.68. The Labute approximate surface area is 75.2 Å². The van der Waals surface area contributed by atoms with Crippen LogP contribution in [0.1, 0.15) is 13.3 Å². The maximum Gasteiger partial charge on any atom is 0.406 e. The Morgan fingerprint density at radius 3 is 3.00 bits per heavy atom. The Morgan fingerprint density at radius 2 is 2.58 bits per heavy atom. The van der Waals surface area contributed by atoms with Crippen molar-refractivity contribution in [3.8, 4) is 11.8 Å². The maximum absolute atomic E-state index is 10.4. The van der Waals surface area contributed by atoms with Gasteiger partial charge in [0.1, 0.15) is 0 Å². The summed E-state index contributed by atoms with van der Waals surface area (Å²) in [4.78, 5) is 9.78. The van der Waals surface area contributed by atoms with Crippen LogP contribution in [0.4, 0.5) is 4.79 Å². The second-order valence-electron chi connectivity index (χ2n) is 2.33. The quantitative estimate of drug-likeness (QED) is 0.607. The molecule has 2 N–H and O–H groups in total. The third-order valence-corrected chi connectivity index (χ3v) is 2.51. The van der Waals surface area contributed by atoms with Crippen LogP contribution in [-0.2, 0) is 0 Å². The molecule has 1 aliphatic heterocycles. The number of hydrogen-bond acceptors (Lipinski definition) is 2. The van der Waals surface area contributed by atoms with E-state index in [2.05, 4.69) is 17.2 Å². The van der Waals surface area contributed by atoms with Crippen molar-refractivity contribution in [2.24, 2.45) is 0 Å². The number of carbonyl (C=O) groups is 1. The Morgan fingerprint density at radius 1 is 1.83 bits per heavy atom. The van der Waals surface area contributed by atoms with Gasteiger partial charge in [0.15, 0.2) is 4.87 Å². The van der Waals surface area contributed by atoms with Crippen molar-refractivity contribution in [2.75, 3.05) is 0 Å². The van der Waals surface area contributed by atoms with Crippen LogP contribution in [0.5, 0.6) is 0 Å². The highest BCUT2D eigenvalue weighted by molar-refractivity contribution is 8.03. The van der Waals surface area contributed by atoms with Crippen LogP contribution in [0.25, 0.3) is 0 Å². The summed E-state index contributed by atoms with van der Waals surface area (Å²) in [6, 6.07) is 0. The van der Waals surface area contributed by atoms with Crippen LogP contribution in [0.15, 0.2) is 11.5 Å². The van der Waals surface area contributed by atoms with Gasteiger partial charge in [-0.15, -0.1) is 5.92 Å². The van der Waals surface area contributed by atoms with E-state index in [0.717, 1.165) is 0 Å². The molecular formula is C8H9NO2S. The monoisotopic (exact) mass is 183 g/mol. The molecule has 12 heavy (non-hydrogen) atoms. The van der Waals surface area contributed by atoms with E-state index >= 15 is 0 Å². The lowest BCUT2D eigenvalue weighted by Crippen LogP contribution is -2.42. The molecule has 3 nitrogen and oxygen atoms in total. The van der Waals surface area contributed by atoms with Crippen molar-refractivity contribution in [1.29, 1.82) is 0 Å². The smallest absolute Gasteiger partial charge is 0.406 e. The van der Waals surface area contributed by atoms with E-state index in [4.69, 9.17) is 5.11 Å². The van der Waals surface area contributed by atoms with Gasteiger partial charge in [0.05, 0.1) is 0 Å².